The Bertz CT molecular complexity index is 949. The number of hydrogen-bond donors (Lipinski definition) is 0. The van der Waals surface area contributed by atoms with E-state index in [1.165, 1.54) is 5.56 Å². The molecule has 0 unspecified atom stereocenters. The van der Waals surface area contributed by atoms with Crippen LogP contribution in [-0.2, 0) is 11.5 Å². The highest BCUT2D eigenvalue weighted by Crippen LogP contribution is 2.38. The lowest BCUT2D eigenvalue weighted by atomic mass is 9.93. The first-order valence-corrected chi connectivity index (χ1v) is 9.87. The highest BCUT2D eigenvalue weighted by Gasteiger charge is 2.20. The average molecular weight is 407 g/mol. The van der Waals surface area contributed by atoms with Crippen LogP contribution in [-0.4, -0.2) is 16.7 Å². The predicted octanol–water partition coefficient (Wildman–Crippen LogP) is 6.95. The molecule has 1 aromatic heterocycles. The van der Waals surface area contributed by atoms with Gasteiger partial charge in [0.15, 0.2) is 0 Å². The summed E-state index contributed by atoms with van der Waals surface area (Å²) in [7, 11) is 1.66. The lowest BCUT2D eigenvalue weighted by Gasteiger charge is -2.16. The third kappa shape index (κ3) is 3.79. The van der Waals surface area contributed by atoms with Gasteiger partial charge in [-0.05, 0) is 55.0 Å². The van der Waals surface area contributed by atoms with Crippen LogP contribution in [0, 0.1) is 6.92 Å². The van der Waals surface area contributed by atoms with Crippen molar-refractivity contribution in [3.63, 3.8) is 0 Å². The fourth-order valence-electron chi connectivity index (χ4n) is 3.39. The third-order valence-corrected chi connectivity index (χ3v) is 5.81. The van der Waals surface area contributed by atoms with Gasteiger partial charge in [-0.1, -0.05) is 49.2 Å². The van der Waals surface area contributed by atoms with Crippen molar-refractivity contribution in [1.82, 2.24) is 9.55 Å². The van der Waals surface area contributed by atoms with Crippen molar-refractivity contribution in [2.45, 2.75) is 46.3 Å². The Hall–Kier alpha value is -1.75. The zero-order chi connectivity index (χ0) is 19.6. The molecule has 1 heterocycles. The smallest absolute Gasteiger partial charge is 0.304 e. The van der Waals surface area contributed by atoms with E-state index in [9.17, 15) is 0 Å². The average Bonchev–Trinajstić information content (AvgIpc) is 3.01. The Morgan fingerprint density at radius 3 is 2.52 bits per heavy atom. The first-order valence-electron chi connectivity index (χ1n) is 9.12. The van der Waals surface area contributed by atoms with E-state index in [0.29, 0.717) is 34.5 Å². The van der Waals surface area contributed by atoms with Crippen LogP contribution in [0.5, 0.6) is 11.8 Å². The van der Waals surface area contributed by atoms with Gasteiger partial charge >= 0.3 is 6.01 Å². The molecule has 0 saturated heterocycles. The molecule has 0 atom stereocenters. The van der Waals surface area contributed by atoms with Crippen molar-refractivity contribution >= 4 is 34.2 Å². The number of rotatable bonds is 7. The molecule has 0 aliphatic rings. The topological polar surface area (TPSA) is 36.3 Å². The number of methoxy groups -OCH3 is 1. The van der Waals surface area contributed by atoms with Crippen molar-refractivity contribution in [3.05, 3.63) is 51.5 Å². The zero-order valence-corrected chi connectivity index (χ0v) is 17.6. The number of hydrogen-bond acceptors (Lipinski definition) is 3. The maximum absolute atomic E-state index is 6.43. The summed E-state index contributed by atoms with van der Waals surface area (Å²) < 4.78 is 13.5. The number of benzene rings is 2. The fraction of sp³-hybridized carbons (Fsp3) is 0.381. The Kier molecular flexibility index (Phi) is 6.30. The lowest BCUT2D eigenvalue weighted by Crippen LogP contribution is -2.06. The summed E-state index contributed by atoms with van der Waals surface area (Å²) in [6.07, 6.45) is 2.12. The molecule has 0 N–H and O–H groups in total. The molecule has 3 aromatic rings. The van der Waals surface area contributed by atoms with Crippen LogP contribution in [0.3, 0.4) is 0 Å². The molecular weight excluding hydrogens is 383 g/mol. The molecule has 0 aliphatic carbocycles. The third-order valence-electron chi connectivity index (χ3n) is 4.93. The predicted molar refractivity (Wildman–Crippen MR) is 111 cm³/mol. The van der Waals surface area contributed by atoms with Crippen LogP contribution in [0.4, 0.5) is 0 Å². The number of fused-ring (bicyclic) bond motifs is 1. The van der Waals surface area contributed by atoms with E-state index in [-0.39, 0.29) is 0 Å². The second-order valence-corrected chi connectivity index (χ2v) is 7.34. The van der Waals surface area contributed by atoms with Crippen molar-refractivity contribution in [1.29, 1.82) is 0 Å². The zero-order valence-electron chi connectivity index (χ0n) is 16.1. The lowest BCUT2D eigenvalue weighted by molar-refractivity contribution is 0.127. The summed E-state index contributed by atoms with van der Waals surface area (Å²) in [6.45, 7) is 6.61. The minimum absolute atomic E-state index is 0.340. The molecule has 6 heteroatoms. The number of nitrogens with zero attached hydrogens (tertiary/aromatic N) is 2. The van der Waals surface area contributed by atoms with E-state index < -0.39 is 0 Å². The van der Waals surface area contributed by atoms with Gasteiger partial charge < -0.3 is 9.47 Å². The van der Waals surface area contributed by atoms with Gasteiger partial charge in [-0.25, -0.2) is 0 Å². The summed E-state index contributed by atoms with van der Waals surface area (Å²) in [5.74, 6) is 0.977. The minimum Gasteiger partial charge on any atom is -0.424 e. The molecule has 0 aliphatic heterocycles. The molecule has 0 fully saturated rings. The first kappa shape index (κ1) is 20.0. The number of halogens is 2. The summed E-state index contributed by atoms with van der Waals surface area (Å²) in [6, 6.07) is 10.2. The summed E-state index contributed by atoms with van der Waals surface area (Å²) in [4.78, 5) is 4.70. The standard InChI is InChI=1S/C21H24Cl2N2O2/c1-5-14(6-2)15-8-7-9-17-20(15)25(12-26-4)21(24-17)27-18-11-10-16(22)13(3)19(18)23/h7-11,14H,5-6,12H2,1-4H3. The molecule has 0 bridgehead atoms. The SMILES string of the molecule is CCC(CC)c1cccc2nc(Oc3ccc(Cl)c(C)c3Cl)n(COC)c12. The van der Waals surface area contributed by atoms with Crippen molar-refractivity contribution in [2.75, 3.05) is 7.11 Å². The molecule has 0 saturated carbocycles. The van der Waals surface area contributed by atoms with Gasteiger partial charge in [0.1, 0.15) is 12.5 Å². The number of para-hydroxylation sites is 1. The van der Waals surface area contributed by atoms with E-state index in [2.05, 4.69) is 19.9 Å². The van der Waals surface area contributed by atoms with E-state index in [0.717, 1.165) is 29.4 Å². The number of ether oxygens (including phenoxy) is 2. The highest BCUT2D eigenvalue weighted by atomic mass is 35.5. The number of aromatic nitrogens is 2. The van der Waals surface area contributed by atoms with E-state index in [1.54, 1.807) is 19.2 Å². The monoisotopic (exact) mass is 406 g/mol. The van der Waals surface area contributed by atoms with Crippen LogP contribution < -0.4 is 4.74 Å². The Morgan fingerprint density at radius 2 is 1.85 bits per heavy atom. The normalized spacial score (nSPS) is 11.5. The van der Waals surface area contributed by atoms with Crippen LogP contribution in [0.1, 0.15) is 43.7 Å². The second-order valence-electron chi connectivity index (χ2n) is 6.56. The molecule has 4 nitrogen and oxygen atoms in total. The van der Waals surface area contributed by atoms with Crippen molar-refractivity contribution in [3.8, 4) is 11.8 Å². The van der Waals surface area contributed by atoms with Crippen LogP contribution in [0.15, 0.2) is 30.3 Å². The quantitative estimate of drug-likeness (QED) is 0.425. The van der Waals surface area contributed by atoms with E-state index in [1.807, 2.05) is 23.6 Å². The second kappa shape index (κ2) is 8.51. The Labute approximate surface area is 170 Å². The maximum atomic E-state index is 6.43. The summed E-state index contributed by atoms with van der Waals surface area (Å²) in [5, 5.41) is 1.09. The molecule has 0 spiro atoms. The molecule has 144 valence electrons. The molecule has 3 rings (SSSR count). The summed E-state index contributed by atoms with van der Waals surface area (Å²) in [5.41, 5.74) is 3.97. The van der Waals surface area contributed by atoms with Gasteiger partial charge in [-0.15, -0.1) is 0 Å². The van der Waals surface area contributed by atoms with Crippen LogP contribution in [0.2, 0.25) is 10.0 Å². The molecule has 2 aromatic carbocycles. The van der Waals surface area contributed by atoms with E-state index >= 15 is 0 Å². The van der Waals surface area contributed by atoms with Gasteiger partial charge in [0.2, 0.25) is 0 Å². The van der Waals surface area contributed by atoms with Crippen LogP contribution in [0.25, 0.3) is 11.0 Å². The van der Waals surface area contributed by atoms with Crippen LogP contribution >= 0.6 is 23.2 Å². The molecule has 0 amide bonds. The first-order chi connectivity index (χ1) is 13.0. The Balaban J connectivity index is 2.15. The largest absolute Gasteiger partial charge is 0.424 e. The van der Waals surface area contributed by atoms with E-state index in [4.69, 9.17) is 37.7 Å². The van der Waals surface area contributed by atoms with Gasteiger partial charge in [0, 0.05) is 12.1 Å². The van der Waals surface area contributed by atoms with Crippen molar-refractivity contribution in [2.24, 2.45) is 0 Å². The fourth-order valence-corrected chi connectivity index (χ4v) is 3.80. The van der Waals surface area contributed by atoms with Gasteiger partial charge in [0.05, 0.1) is 16.1 Å². The Morgan fingerprint density at radius 1 is 1.11 bits per heavy atom. The van der Waals surface area contributed by atoms with Crippen molar-refractivity contribution < 1.29 is 9.47 Å². The van der Waals surface area contributed by atoms with Gasteiger partial charge in [0.25, 0.3) is 0 Å². The highest BCUT2D eigenvalue weighted by molar-refractivity contribution is 6.36. The molecule has 27 heavy (non-hydrogen) atoms. The maximum Gasteiger partial charge on any atom is 0.304 e. The summed E-state index contributed by atoms with van der Waals surface area (Å²) >= 11 is 12.6. The molecule has 0 radical (unpaired) electrons. The van der Waals surface area contributed by atoms with Gasteiger partial charge in [-0.3, -0.25) is 4.57 Å². The molecular formula is C21H24Cl2N2O2. The minimum atomic E-state index is 0.340. The number of imidazole rings is 1. The van der Waals surface area contributed by atoms with Gasteiger partial charge in [-0.2, -0.15) is 4.98 Å².